The second-order valence-electron chi connectivity index (χ2n) is 9.03. The number of nitrogens with one attached hydrogen (secondary N) is 2. The molecule has 1 heterocycles. The second kappa shape index (κ2) is 16.1. The van der Waals surface area contributed by atoms with E-state index >= 15 is 0 Å². The Morgan fingerprint density at radius 3 is 2.45 bits per heavy atom. The number of carbonyl (C=O) groups is 2. The van der Waals surface area contributed by atoms with Crippen LogP contribution in [0.1, 0.15) is 32.3 Å². The lowest BCUT2D eigenvalue weighted by atomic mass is 10.1. The van der Waals surface area contributed by atoms with Crippen molar-refractivity contribution in [3.8, 4) is 0 Å². The first-order chi connectivity index (χ1) is 20.2. The van der Waals surface area contributed by atoms with Gasteiger partial charge in [-0.05, 0) is 44.2 Å². The maximum Gasteiger partial charge on any atom is 0.474 e. The number of amides is 3. The van der Waals surface area contributed by atoms with Gasteiger partial charge in [-0.15, -0.1) is 0 Å². The minimum Gasteiger partial charge on any atom is -0.447 e. The van der Waals surface area contributed by atoms with Crippen LogP contribution in [0.15, 0.2) is 54.7 Å². The minimum atomic E-state index is -3.72. The Hall–Kier alpha value is -3.64. The van der Waals surface area contributed by atoms with Gasteiger partial charge < -0.3 is 15.0 Å². The molecule has 42 heavy (non-hydrogen) atoms. The molecule has 0 saturated heterocycles. The fourth-order valence-electron chi connectivity index (χ4n) is 3.92. The van der Waals surface area contributed by atoms with E-state index in [1.807, 2.05) is 24.3 Å². The van der Waals surface area contributed by atoms with Gasteiger partial charge in [-0.3, -0.25) is 18.9 Å². The third-order valence-corrected chi connectivity index (χ3v) is 7.75. The normalized spacial score (nSPS) is 12.1. The highest BCUT2D eigenvalue weighted by atomic mass is 31.2. The molecule has 0 fully saturated rings. The molecule has 0 aliphatic carbocycles. The van der Waals surface area contributed by atoms with Crippen LogP contribution in [0.3, 0.4) is 0 Å². The summed E-state index contributed by atoms with van der Waals surface area (Å²) in [5.74, 6) is -1.79. The average molecular weight is 609 g/mol. The molecule has 3 amide bonds. The number of anilines is 1. The molecule has 2 aromatic carbocycles. The Bertz CT molecular complexity index is 1390. The Labute approximate surface area is 243 Å². The van der Waals surface area contributed by atoms with Crippen LogP contribution in [-0.2, 0) is 29.4 Å². The number of benzene rings is 2. The molecule has 0 saturated carbocycles. The van der Waals surface area contributed by atoms with Crippen LogP contribution in [0.25, 0.3) is 10.8 Å². The number of nitrogens with zero attached hydrogens (tertiary/aromatic N) is 2. The summed E-state index contributed by atoms with van der Waals surface area (Å²) in [6.07, 6.45) is 1.39. The molecule has 1 aromatic heterocycles. The highest BCUT2D eigenvalue weighted by molar-refractivity contribution is 7.48. The predicted octanol–water partition coefficient (Wildman–Crippen LogP) is 6.25. The summed E-state index contributed by atoms with van der Waals surface area (Å²) in [5.41, 5.74) is -0.0252. The topological polar surface area (TPSA) is 128 Å². The number of phosphoric acid groups is 1. The quantitative estimate of drug-likeness (QED) is 0.153. The number of rotatable bonds is 15. The van der Waals surface area contributed by atoms with Crippen molar-refractivity contribution in [1.29, 1.82) is 0 Å². The molecule has 0 aliphatic heterocycles. The van der Waals surface area contributed by atoms with Crippen LogP contribution in [0.2, 0.25) is 0 Å². The van der Waals surface area contributed by atoms with Crippen LogP contribution in [0, 0.1) is 11.6 Å². The maximum absolute atomic E-state index is 14.0. The van der Waals surface area contributed by atoms with E-state index in [4.69, 9.17) is 18.3 Å². The van der Waals surface area contributed by atoms with E-state index in [0.29, 0.717) is 6.42 Å². The number of ether oxygens (including phenoxy) is 1. The van der Waals surface area contributed by atoms with Gasteiger partial charge in [-0.25, -0.2) is 27.9 Å². The molecule has 3 rings (SSSR count). The summed E-state index contributed by atoms with van der Waals surface area (Å²) in [5, 5.41) is 6.89. The first-order valence-electron chi connectivity index (χ1n) is 13.4. The number of carbonyl (C=O) groups excluding carboxylic acids is 2. The molecule has 0 radical (unpaired) electrons. The summed E-state index contributed by atoms with van der Waals surface area (Å²) in [6.45, 7) is 3.07. The van der Waals surface area contributed by atoms with E-state index in [0.717, 1.165) is 16.8 Å². The van der Waals surface area contributed by atoms with Crippen molar-refractivity contribution >= 4 is 36.5 Å². The monoisotopic (exact) mass is 608 g/mol. The van der Waals surface area contributed by atoms with Gasteiger partial charge in [0.15, 0.2) is 11.6 Å². The molecular weight excluding hydrogens is 573 g/mol. The molecule has 1 unspecified atom stereocenters. The number of hydrogen-bond acceptors (Lipinski definition) is 8. The summed E-state index contributed by atoms with van der Waals surface area (Å²) in [4.78, 5) is 30.9. The van der Waals surface area contributed by atoms with Crippen LogP contribution in [0.5, 0.6) is 0 Å². The third kappa shape index (κ3) is 9.73. The lowest BCUT2D eigenvalue weighted by molar-refractivity contribution is 0.102. The Morgan fingerprint density at radius 1 is 1.02 bits per heavy atom. The molecule has 11 nitrogen and oxygen atoms in total. The second-order valence-corrected chi connectivity index (χ2v) is 10.7. The molecule has 14 heteroatoms. The van der Waals surface area contributed by atoms with Crippen molar-refractivity contribution in [2.24, 2.45) is 0 Å². The fourth-order valence-corrected chi connectivity index (χ4v) is 5.13. The van der Waals surface area contributed by atoms with Crippen LogP contribution in [-0.4, -0.2) is 61.5 Å². The molecule has 0 aliphatic rings. The van der Waals surface area contributed by atoms with Crippen LogP contribution < -0.4 is 10.6 Å². The Kier molecular flexibility index (Phi) is 12.6. The zero-order chi connectivity index (χ0) is 30.5. The van der Waals surface area contributed by atoms with Crippen molar-refractivity contribution < 1.29 is 41.2 Å². The van der Waals surface area contributed by atoms with Crippen LogP contribution in [0.4, 0.5) is 24.2 Å². The lowest BCUT2D eigenvalue weighted by Crippen LogP contribution is -2.46. The van der Waals surface area contributed by atoms with Crippen molar-refractivity contribution in [2.45, 2.75) is 39.3 Å². The molecule has 2 N–H and O–H groups in total. The first-order valence-corrected chi connectivity index (χ1v) is 14.9. The molecular formula is C28H35F2N4O7P. The number of fused-ring (bicyclic) bond motifs is 1. The highest BCUT2D eigenvalue weighted by Crippen LogP contribution is 2.49. The first kappa shape index (κ1) is 32.9. The summed E-state index contributed by atoms with van der Waals surface area (Å²) in [6, 6.07) is 11.6. The van der Waals surface area contributed by atoms with Crippen molar-refractivity contribution in [1.82, 2.24) is 15.2 Å². The number of urea groups is 1. The van der Waals surface area contributed by atoms with Gasteiger partial charge in [0.2, 0.25) is 0 Å². The number of pyridine rings is 1. The van der Waals surface area contributed by atoms with E-state index in [-0.39, 0.29) is 50.8 Å². The zero-order valence-corrected chi connectivity index (χ0v) is 24.6. The molecule has 0 bridgehead atoms. The van der Waals surface area contributed by atoms with Gasteiger partial charge in [-0.1, -0.05) is 36.4 Å². The van der Waals surface area contributed by atoms with Gasteiger partial charge in [0.1, 0.15) is 12.4 Å². The number of aromatic nitrogens is 1. The molecule has 1 atom stereocenters. The van der Waals surface area contributed by atoms with Gasteiger partial charge >= 0.3 is 19.9 Å². The van der Waals surface area contributed by atoms with Crippen molar-refractivity contribution in [3.05, 3.63) is 71.9 Å². The van der Waals surface area contributed by atoms with Crippen LogP contribution >= 0.6 is 7.82 Å². The van der Waals surface area contributed by atoms with E-state index in [2.05, 4.69) is 15.6 Å². The maximum atomic E-state index is 14.0. The third-order valence-electron chi connectivity index (χ3n) is 6.10. The molecule has 228 valence electrons. The zero-order valence-electron chi connectivity index (χ0n) is 23.7. The van der Waals surface area contributed by atoms with E-state index in [1.54, 1.807) is 26.1 Å². The fraction of sp³-hybridized carbons (Fsp3) is 0.393. The van der Waals surface area contributed by atoms with Gasteiger partial charge in [-0.2, -0.15) is 0 Å². The van der Waals surface area contributed by atoms with E-state index in [1.165, 1.54) is 24.1 Å². The van der Waals surface area contributed by atoms with E-state index < -0.39 is 37.6 Å². The van der Waals surface area contributed by atoms with Gasteiger partial charge in [0.25, 0.3) is 0 Å². The Morgan fingerprint density at radius 2 is 1.74 bits per heavy atom. The number of likely N-dealkylation sites (N-methyl/N-ethyl adjacent to an activating group) is 1. The average Bonchev–Trinajstić information content (AvgIpc) is 2.97. The summed E-state index contributed by atoms with van der Waals surface area (Å²) >= 11 is 0. The summed E-state index contributed by atoms with van der Waals surface area (Å²) in [7, 11) is -2.25. The lowest BCUT2D eigenvalue weighted by Gasteiger charge is -2.28. The van der Waals surface area contributed by atoms with Crippen molar-refractivity contribution in [3.63, 3.8) is 0 Å². The molecule has 0 spiro atoms. The number of phosphoric ester groups is 1. The minimum absolute atomic E-state index is 0.0229. The predicted molar refractivity (Wildman–Crippen MR) is 153 cm³/mol. The summed E-state index contributed by atoms with van der Waals surface area (Å²) < 4.78 is 61.1. The van der Waals surface area contributed by atoms with Crippen molar-refractivity contribution in [2.75, 3.05) is 38.8 Å². The SMILES string of the molecule is CCOP(=O)(OCC)OCCCC(COC(=O)Nc1cc2ccccc2cn1)N(C)C(=O)NCc1cccc(F)c1F. The molecule has 3 aromatic rings. The number of halogens is 2. The smallest absolute Gasteiger partial charge is 0.447 e. The van der Waals surface area contributed by atoms with Gasteiger partial charge in [0.05, 0.1) is 25.9 Å². The highest BCUT2D eigenvalue weighted by Gasteiger charge is 2.26. The van der Waals surface area contributed by atoms with E-state index in [9.17, 15) is 22.9 Å². The van der Waals surface area contributed by atoms with Gasteiger partial charge in [0, 0.05) is 30.7 Å². The standard InChI is InChI=1S/C28H35F2N4O7P/c1-4-39-42(37,40-5-2)41-15-9-13-23(34(3)27(35)32-18-22-12-8-14-24(29)26(22)30)19-38-28(36)33-25-16-20-10-6-7-11-21(20)17-31-25/h6-8,10-12,14,16-17,23H,4-5,9,13,15,18-19H2,1-3H3,(H,32,35)(H,31,33,36). The number of hydrogen-bond donors (Lipinski definition) is 2. The Balaban J connectivity index is 1.62. The largest absolute Gasteiger partial charge is 0.474 e.